The molecule has 5 nitrogen and oxygen atoms in total. The lowest BCUT2D eigenvalue weighted by Crippen LogP contribution is -2.28. The number of carbonyl (C=O) groups is 1. The Morgan fingerprint density at radius 3 is 2.95 bits per heavy atom. The molecule has 0 radical (unpaired) electrons. The Labute approximate surface area is 128 Å². The van der Waals surface area contributed by atoms with Crippen molar-refractivity contribution >= 4 is 23.4 Å². The molecule has 0 atom stereocenters. The topological polar surface area (TPSA) is 63.2 Å². The lowest BCUT2D eigenvalue weighted by Gasteiger charge is -2.11. The zero-order valence-electron chi connectivity index (χ0n) is 11.6. The third-order valence-electron chi connectivity index (χ3n) is 2.62. The molecule has 0 aliphatic rings. The molecule has 1 aromatic heterocycles. The number of nitrogens with one attached hydrogen (secondary N) is 2. The number of hydrogen-bond donors (Lipinski definition) is 2. The molecule has 0 saturated carbocycles. The molecule has 2 aromatic rings. The predicted octanol–water partition coefficient (Wildman–Crippen LogP) is 3.46. The summed E-state index contributed by atoms with van der Waals surface area (Å²) < 4.78 is 5.69. The average Bonchev–Trinajstić information content (AvgIpc) is 2.47. The minimum Gasteiger partial charge on any atom is -0.485 e. The van der Waals surface area contributed by atoms with Crippen LogP contribution >= 0.6 is 11.6 Å². The Morgan fingerprint density at radius 1 is 1.33 bits per heavy atom. The van der Waals surface area contributed by atoms with E-state index in [1.807, 2.05) is 25.1 Å². The SMILES string of the molecule is CCNC(=O)Nc1ncccc1OCc1cccc(Cl)c1. The Morgan fingerprint density at radius 2 is 2.19 bits per heavy atom. The van der Waals surface area contributed by atoms with Gasteiger partial charge in [-0.3, -0.25) is 5.32 Å². The van der Waals surface area contributed by atoms with Gasteiger partial charge in [-0.1, -0.05) is 23.7 Å². The first-order valence-electron chi connectivity index (χ1n) is 6.56. The highest BCUT2D eigenvalue weighted by atomic mass is 35.5. The highest BCUT2D eigenvalue weighted by Gasteiger charge is 2.08. The van der Waals surface area contributed by atoms with Crippen LogP contribution in [0.4, 0.5) is 10.6 Å². The van der Waals surface area contributed by atoms with Gasteiger partial charge in [0.2, 0.25) is 0 Å². The van der Waals surface area contributed by atoms with Crippen molar-refractivity contribution in [2.45, 2.75) is 13.5 Å². The Kier molecular flexibility index (Phi) is 5.40. The van der Waals surface area contributed by atoms with Crippen molar-refractivity contribution in [3.8, 4) is 5.75 Å². The second-order valence-electron chi connectivity index (χ2n) is 4.25. The predicted molar refractivity (Wildman–Crippen MR) is 82.7 cm³/mol. The van der Waals surface area contributed by atoms with Gasteiger partial charge >= 0.3 is 6.03 Å². The number of hydrogen-bond acceptors (Lipinski definition) is 3. The summed E-state index contributed by atoms with van der Waals surface area (Å²) in [6, 6.07) is 10.6. The van der Waals surface area contributed by atoms with Crippen LogP contribution in [0.1, 0.15) is 12.5 Å². The first-order chi connectivity index (χ1) is 10.2. The van der Waals surface area contributed by atoms with Crippen LogP contribution in [0.3, 0.4) is 0 Å². The summed E-state index contributed by atoms with van der Waals surface area (Å²) in [4.78, 5) is 15.7. The summed E-state index contributed by atoms with van der Waals surface area (Å²) in [5.41, 5.74) is 0.940. The normalized spacial score (nSPS) is 10.0. The second kappa shape index (κ2) is 7.50. The van der Waals surface area contributed by atoms with Gasteiger partial charge in [0, 0.05) is 17.8 Å². The standard InChI is InChI=1S/C15H16ClN3O2/c1-2-17-15(20)19-14-13(7-4-8-18-14)21-10-11-5-3-6-12(16)9-11/h3-9H,2,10H2,1H3,(H2,17,18,19,20). The van der Waals surface area contributed by atoms with E-state index in [4.69, 9.17) is 16.3 Å². The van der Waals surface area contributed by atoms with Gasteiger partial charge in [0.15, 0.2) is 11.6 Å². The molecule has 0 spiro atoms. The van der Waals surface area contributed by atoms with Crippen LogP contribution in [0.25, 0.3) is 0 Å². The van der Waals surface area contributed by atoms with Gasteiger partial charge in [0.05, 0.1) is 0 Å². The van der Waals surface area contributed by atoms with Crippen molar-refractivity contribution < 1.29 is 9.53 Å². The lowest BCUT2D eigenvalue weighted by molar-refractivity contribution is 0.252. The molecule has 1 aromatic carbocycles. The molecule has 21 heavy (non-hydrogen) atoms. The van der Waals surface area contributed by atoms with Crippen molar-refractivity contribution in [2.24, 2.45) is 0 Å². The van der Waals surface area contributed by atoms with Crippen molar-refractivity contribution in [3.05, 3.63) is 53.2 Å². The fourth-order valence-electron chi connectivity index (χ4n) is 1.70. The van der Waals surface area contributed by atoms with Gasteiger partial charge in [-0.05, 0) is 36.8 Å². The summed E-state index contributed by atoms with van der Waals surface area (Å²) in [6.45, 7) is 2.72. The molecule has 0 unspecified atom stereocenters. The van der Waals surface area contributed by atoms with Crippen molar-refractivity contribution in [3.63, 3.8) is 0 Å². The fourth-order valence-corrected chi connectivity index (χ4v) is 1.91. The molecule has 0 aliphatic carbocycles. The molecule has 2 N–H and O–H groups in total. The number of urea groups is 1. The minimum atomic E-state index is -0.316. The van der Waals surface area contributed by atoms with Crippen LogP contribution in [-0.4, -0.2) is 17.6 Å². The number of carbonyl (C=O) groups excluding carboxylic acids is 1. The highest BCUT2D eigenvalue weighted by Crippen LogP contribution is 2.22. The van der Waals surface area contributed by atoms with Crippen molar-refractivity contribution in [1.82, 2.24) is 10.3 Å². The van der Waals surface area contributed by atoms with E-state index < -0.39 is 0 Å². The summed E-state index contributed by atoms with van der Waals surface area (Å²) >= 11 is 5.93. The lowest BCUT2D eigenvalue weighted by atomic mass is 10.2. The highest BCUT2D eigenvalue weighted by molar-refractivity contribution is 6.30. The monoisotopic (exact) mass is 305 g/mol. The maximum Gasteiger partial charge on any atom is 0.320 e. The van der Waals surface area contributed by atoms with Crippen LogP contribution in [0, 0.1) is 0 Å². The molecule has 0 bridgehead atoms. The summed E-state index contributed by atoms with van der Waals surface area (Å²) in [6.07, 6.45) is 1.59. The van der Waals surface area contributed by atoms with Gasteiger partial charge in [0.25, 0.3) is 0 Å². The smallest absolute Gasteiger partial charge is 0.320 e. The van der Waals surface area contributed by atoms with Crippen molar-refractivity contribution in [1.29, 1.82) is 0 Å². The second-order valence-corrected chi connectivity index (χ2v) is 4.69. The summed E-state index contributed by atoms with van der Waals surface area (Å²) in [5.74, 6) is 0.884. The maximum atomic E-state index is 11.5. The van der Waals surface area contributed by atoms with Gasteiger partial charge in [-0.2, -0.15) is 0 Å². The van der Waals surface area contributed by atoms with Gasteiger partial charge in [-0.25, -0.2) is 9.78 Å². The van der Waals surface area contributed by atoms with Crippen LogP contribution in [0.2, 0.25) is 5.02 Å². The van der Waals surface area contributed by atoms with Gasteiger partial charge in [0.1, 0.15) is 6.61 Å². The Balaban J connectivity index is 2.04. The Hall–Kier alpha value is -2.27. The van der Waals surface area contributed by atoms with E-state index in [1.165, 1.54) is 0 Å². The number of pyridine rings is 1. The number of ether oxygens (including phenoxy) is 1. The van der Waals surface area contributed by atoms with Crippen LogP contribution in [0.5, 0.6) is 5.75 Å². The number of anilines is 1. The molecule has 6 heteroatoms. The van der Waals surface area contributed by atoms with Crippen LogP contribution < -0.4 is 15.4 Å². The molecular formula is C15H16ClN3O2. The van der Waals surface area contributed by atoms with E-state index in [-0.39, 0.29) is 6.03 Å². The van der Waals surface area contributed by atoms with Gasteiger partial charge < -0.3 is 10.1 Å². The third-order valence-corrected chi connectivity index (χ3v) is 2.86. The van der Waals surface area contributed by atoms with Gasteiger partial charge in [-0.15, -0.1) is 0 Å². The maximum absolute atomic E-state index is 11.5. The van der Waals surface area contributed by atoms with E-state index in [0.29, 0.717) is 29.7 Å². The number of amides is 2. The summed E-state index contributed by atoms with van der Waals surface area (Å²) in [5, 5.41) is 5.94. The molecule has 2 rings (SSSR count). The van der Waals surface area contributed by atoms with E-state index in [0.717, 1.165) is 5.56 Å². The number of halogens is 1. The Bertz CT molecular complexity index is 619. The largest absolute Gasteiger partial charge is 0.485 e. The minimum absolute atomic E-state index is 0.316. The summed E-state index contributed by atoms with van der Waals surface area (Å²) in [7, 11) is 0. The number of nitrogens with zero attached hydrogens (tertiary/aromatic N) is 1. The van der Waals surface area contributed by atoms with Crippen molar-refractivity contribution in [2.75, 3.05) is 11.9 Å². The molecule has 0 aliphatic heterocycles. The van der Waals surface area contributed by atoms with E-state index in [2.05, 4.69) is 15.6 Å². The number of benzene rings is 1. The van der Waals surface area contributed by atoms with E-state index in [1.54, 1.807) is 24.4 Å². The van der Waals surface area contributed by atoms with E-state index in [9.17, 15) is 4.79 Å². The third kappa shape index (κ3) is 4.65. The molecule has 110 valence electrons. The zero-order valence-corrected chi connectivity index (χ0v) is 12.4. The average molecular weight is 306 g/mol. The molecule has 0 saturated heterocycles. The van der Waals surface area contributed by atoms with E-state index >= 15 is 0 Å². The quantitative estimate of drug-likeness (QED) is 0.889. The number of rotatable bonds is 5. The molecule has 1 heterocycles. The first-order valence-corrected chi connectivity index (χ1v) is 6.94. The number of aromatic nitrogens is 1. The molecule has 0 fully saturated rings. The zero-order chi connectivity index (χ0) is 15.1. The molecule has 2 amide bonds. The first kappa shape index (κ1) is 15.1. The fraction of sp³-hybridized carbons (Fsp3) is 0.200. The van der Waals surface area contributed by atoms with Crippen LogP contribution in [-0.2, 0) is 6.61 Å². The van der Waals surface area contributed by atoms with Crippen LogP contribution in [0.15, 0.2) is 42.6 Å². The molecular weight excluding hydrogens is 290 g/mol.